The number of nitrogens with one attached hydrogen (secondary N) is 2. The van der Waals surface area contributed by atoms with Gasteiger partial charge in [-0.3, -0.25) is 4.79 Å². The Hall–Kier alpha value is -2.15. The topological polar surface area (TPSA) is 57.3 Å². The molecule has 1 aliphatic rings. The molecule has 0 bridgehead atoms. The Balaban J connectivity index is 1.59. The number of nitrogens with zero attached hydrogens (tertiary/aromatic N) is 2. The van der Waals surface area contributed by atoms with Crippen molar-refractivity contribution in [3.05, 3.63) is 52.5 Å². The number of carbonyl (C=O) groups excluding carboxylic acids is 1. The zero-order valence-electron chi connectivity index (χ0n) is 13.5. The number of hydrogen-bond donors (Lipinski definition) is 2. The highest BCUT2D eigenvalue weighted by Gasteiger charge is 2.17. The largest absolute Gasteiger partial charge is 0.367 e. The van der Waals surface area contributed by atoms with Crippen molar-refractivity contribution in [2.45, 2.75) is 0 Å². The summed E-state index contributed by atoms with van der Waals surface area (Å²) in [6.07, 6.45) is 0. The molecule has 0 aliphatic carbocycles. The summed E-state index contributed by atoms with van der Waals surface area (Å²) in [5, 5.41) is 6.83. The van der Waals surface area contributed by atoms with Crippen molar-refractivity contribution in [3.63, 3.8) is 0 Å². The lowest BCUT2D eigenvalue weighted by Gasteiger charge is -2.31. The number of rotatable bonds is 3. The minimum absolute atomic E-state index is 0.123. The zero-order chi connectivity index (χ0) is 17.2. The number of para-hydroxylation sites is 2. The Bertz CT molecular complexity index is 920. The molecule has 3 aromatic rings. The van der Waals surface area contributed by atoms with E-state index in [2.05, 4.69) is 20.5 Å². The molecule has 5 nitrogen and oxygen atoms in total. The average Bonchev–Trinajstić information content (AvgIpc) is 3.06. The van der Waals surface area contributed by atoms with Gasteiger partial charge in [0.25, 0.3) is 5.91 Å². The smallest absolute Gasteiger partial charge is 0.265 e. The van der Waals surface area contributed by atoms with E-state index in [-0.39, 0.29) is 5.91 Å². The molecule has 128 valence electrons. The fourth-order valence-corrected chi connectivity index (χ4v) is 4.01. The van der Waals surface area contributed by atoms with Crippen LogP contribution in [0.15, 0.2) is 42.5 Å². The van der Waals surface area contributed by atoms with E-state index in [1.54, 1.807) is 12.1 Å². The first kappa shape index (κ1) is 16.3. The van der Waals surface area contributed by atoms with Crippen LogP contribution in [0.25, 0.3) is 10.2 Å². The fourth-order valence-electron chi connectivity index (χ4n) is 2.96. The number of fused-ring (bicyclic) bond motifs is 1. The number of anilines is 2. The maximum Gasteiger partial charge on any atom is 0.265 e. The van der Waals surface area contributed by atoms with Gasteiger partial charge in [0, 0.05) is 26.2 Å². The number of carbonyl (C=O) groups is 1. The number of hydrogen-bond acceptors (Lipinski definition) is 5. The van der Waals surface area contributed by atoms with E-state index in [0.717, 1.165) is 47.8 Å². The third-order valence-electron chi connectivity index (χ3n) is 4.17. The highest BCUT2D eigenvalue weighted by atomic mass is 35.5. The standard InChI is InChI=1S/C18H17ClN4OS/c19-17-6-5-15-13(21-17)11-16(25-15)18(24)22-12-3-1-2-4-14(12)23-9-7-20-8-10-23/h1-6,11,20H,7-10H2,(H,22,24). The molecular weight excluding hydrogens is 356 g/mol. The van der Waals surface area contributed by atoms with Gasteiger partial charge in [-0.25, -0.2) is 4.98 Å². The molecule has 0 unspecified atom stereocenters. The van der Waals surface area contributed by atoms with Crippen LogP contribution in [0.1, 0.15) is 9.67 Å². The molecule has 1 aromatic carbocycles. The van der Waals surface area contributed by atoms with Gasteiger partial charge in [0.15, 0.2) is 0 Å². The number of amides is 1. The average molecular weight is 373 g/mol. The van der Waals surface area contributed by atoms with Crippen LogP contribution in [-0.2, 0) is 0 Å². The number of thiophene rings is 1. The molecule has 7 heteroatoms. The van der Waals surface area contributed by atoms with Crippen molar-refractivity contribution in [2.75, 3.05) is 36.4 Å². The van der Waals surface area contributed by atoms with Crippen molar-refractivity contribution >= 4 is 50.4 Å². The van der Waals surface area contributed by atoms with Crippen LogP contribution >= 0.6 is 22.9 Å². The SMILES string of the molecule is O=C(Nc1ccccc1N1CCNCC1)c1cc2nc(Cl)ccc2s1. The molecule has 0 atom stereocenters. The van der Waals surface area contributed by atoms with Gasteiger partial charge in [0.1, 0.15) is 5.15 Å². The molecule has 2 aromatic heterocycles. The van der Waals surface area contributed by atoms with Crippen LogP contribution in [0.5, 0.6) is 0 Å². The van der Waals surface area contributed by atoms with Gasteiger partial charge in [-0.2, -0.15) is 0 Å². The maximum absolute atomic E-state index is 12.7. The van der Waals surface area contributed by atoms with E-state index in [1.165, 1.54) is 11.3 Å². The lowest BCUT2D eigenvalue weighted by atomic mass is 10.2. The van der Waals surface area contributed by atoms with E-state index < -0.39 is 0 Å². The van der Waals surface area contributed by atoms with Gasteiger partial charge in [-0.15, -0.1) is 11.3 Å². The molecule has 3 heterocycles. The second-order valence-electron chi connectivity index (χ2n) is 5.84. The Morgan fingerprint density at radius 1 is 1.20 bits per heavy atom. The monoisotopic (exact) mass is 372 g/mol. The van der Waals surface area contributed by atoms with Gasteiger partial charge in [-0.05, 0) is 30.3 Å². The summed E-state index contributed by atoms with van der Waals surface area (Å²) in [6, 6.07) is 13.3. The van der Waals surface area contributed by atoms with Crippen LogP contribution in [0.3, 0.4) is 0 Å². The van der Waals surface area contributed by atoms with Crippen LogP contribution in [-0.4, -0.2) is 37.1 Å². The summed E-state index contributed by atoms with van der Waals surface area (Å²) < 4.78 is 0.949. The first-order valence-corrected chi connectivity index (χ1v) is 9.32. The summed E-state index contributed by atoms with van der Waals surface area (Å²) in [5.41, 5.74) is 2.63. The first-order valence-electron chi connectivity index (χ1n) is 8.13. The van der Waals surface area contributed by atoms with Gasteiger partial charge in [0.2, 0.25) is 0 Å². The quantitative estimate of drug-likeness (QED) is 0.689. The predicted octanol–water partition coefficient (Wildman–Crippen LogP) is 3.61. The summed E-state index contributed by atoms with van der Waals surface area (Å²) in [6.45, 7) is 3.76. The molecule has 0 spiro atoms. The lowest BCUT2D eigenvalue weighted by molar-refractivity contribution is 0.103. The van der Waals surface area contributed by atoms with Crippen molar-refractivity contribution in [3.8, 4) is 0 Å². The molecule has 4 rings (SSSR count). The van der Waals surface area contributed by atoms with Crippen LogP contribution in [0, 0.1) is 0 Å². The fraction of sp³-hybridized carbons (Fsp3) is 0.222. The minimum atomic E-state index is -0.123. The van der Waals surface area contributed by atoms with E-state index >= 15 is 0 Å². The predicted molar refractivity (Wildman–Crippen MR) is 104 cm³/mol. The highest BCUT2D eigenvalue weighted by molar-refractivity contribution is 7.20. The molecule has 1 aliphatic heterocycles. The Labute approximate surface area is 154 Å². The summed E-state index contributed by atoms with van der Waals surface area (Å²) in [7, 11) is 0. The summed E-state index contributed by atoms with van der Waals surface area (Å²) in [4.78, 5) is 19.9. The van der Waals surface area contributed by atoms with Gasteiger partial charge in [-0.1, -0.05) is 23.7 Å². The van der Waals surface area contributed by atoms with Crippen molar-refractivity contribution in [1.82, 2.24) is 10.3 Å². The Kier molecular flexibility index (Phi) is 4.57. The molecule has 0 radical (unpaired) electrons. The summed E-state index contributed by atoms with van der Waals surface area (Å²) in [5.74, 6) is -0.123. The molecule has 1 fully saturated rings. The Morgan fingerprint density at radius 3 is 2.84 bits per heavy atom. The van der Waals surface area contributed by atoms with Crippen molar-refractivity contribution in [1.29, 1.82) is 0 Å². The van der Waals surface area contributed by atoms with Crippen molar-refractivity contribution < 1.29 is 4.79 Å². The second kappa shape index (κ2) is 7.00. The lowest BCUT2D eigenvalue weighted by Crippen LogP contribution is -2.43. The van der Waals surface area contributed by atoms with E-state index in [1.807, 2.05) is 30.3 Å². The van der Waals surface area contributed by atoms with Crippen molar-refractivity contribution in [2.24, 2.45) is 0 Å². The third-order valence-corrected chi connectivity index (χ3v) is 5.47. The minimum Gasteiger partial charge on any atom is -0.367 e. The molecule has 25 heavy (non-hydrogen) atoms. The van der Waals surface area contributed by atoms with Gasteiger partial charge in [0.05, 0.1) is 26.5 Å². The number of halogens is 1. The van der Waals surface area contributed by atoms with E-state index in [4.69, 9.17) is 11.6 Å². The van der Waals surface area contributed by atoms with Gasteiger partial charge >= 0.3 is 0 Å². The normalized spacial score (nSPS) is 14.7. The first-order chi connectivity index (χ1) is 12.2. The van der Waals surface area contributed by atoms with Crippen LogP contribution in [0.2, 0.25) is 5.15 Å². The number of pyridine rings is 1. The second-order valence-corrected chi connectivity index (χ2v) is 7.31. The zero-order valence-corrected chi connectivity index (χ0v) is 15.0. The molecule has 1 saturated heterocycles. The van der Waals surface area contributed by atoms with Crippen LogP contribution in [0.4, 0.5) is 11.4 Å². The number of piperazine rings is 1. The molecule has 1 amide bonds. The Morgan fingerprint density at radius 2 is 2.00 bits per heavy atom. The third kappa shape index (κ3) is 3.46. The van der Waals surface area contributed by atoms with Crippen LogP contribution < -0.4 is 15.5 Å². The maximum atomic E-state index is 12.7. The number of benzene rings is 1. The highest BCUT2D eigenvalue weighted by Crippen LogP contribution is 2.29. The summed E-state index contributed by atoms with van der Waals surface area (Å²) >= 11 is 7.34. The molecular formula is C18H17ClN4OS. The molecule has 0 saturated carbocycles. The number of aromatic nitrogens is 1. The van der Waals surface area contributed by atoms with E-state index in [0.29, 0.717) is 10.0 Å². The van der Waals surface area contributed by atoms with Gasteiger partial charge < -0.3 is 15.5 Å². The van der Waals surface area contributed by atoms with E-state index in [9.17, 15) is 4.79 Å². The molecule has 2 N–H and O–H groups in total.